The Morgan fingerprint density at radius 1 is 1.17 bits per heavy atom. The number of ketones is 1. The SMILES string of the molecule is N#CC(C(=O)c1coc2ccccc12)c1nc2ccccc2s1. The molecule has 2 aromatic carbocycles. The van der Waals surface area contributed by atoms with E-state index in [0.29, 0.717) is 16.2 Å². The first kappa shape index (κ1) is 13.7. The molecule has 0 aliphatic carbocycles. The maximum absolute atomic E-state index is 12.8. The van der Waals surface area contributed by atoms with Crippen LogP contribution >= 0.6 is 11.3 Å². The lowest BCUT2D eigenvalue weighted by molar-refractivity contribution is 0.0979. The van der Waals surface area contributed by atoms with E-state index in [1.807, 2.05) is 42.5 Å². The average molecular weight is 318 g/mol. The van der Waals surface area contributed by atoms with Gasteiger partial charge in [0, 0.05) is 5.39 Å². The third-order valence-electron chi connectivity index (χ3n) is 3.70. The number of aromatic nitrogens is 1. The van der Waals surface area contributed by atoms with Crippen LogP contribution in [0.5, 0.6) is 0 Å². The Bertz CT molecular complexity index is 1040. The number of furan rings is 1. The zero-order valence-electron chi connectivity index (χ0n) is 11.9. The summed E-state index contributed by atoms with van der Waals surface area (Å²) in [6.07, 6.45) is 1.42. The summed E-state index contributed by atoms with van der Waals surface area (Å²) in [5.74, 6) is -1.20. The number of nitrogens with zero attached hydrogens (tertiary/aromatic N) is 2. The second-order valence-corrected chi connectivity index (χ2v) is 6.15. The highest BCUT2D eigenvalue weighted by Crippen LogP contribution is 2.31. The molecule has 5 heteroatoms. The molecule has 23 heavy (non-hydrogen) atoms. The number of carbonyl (C=O) groups excluding carboxylic acids is 1. The highest BCUT2D eigenvalue weighted by atomic mass is 32.1. The number of hydrogen-bond donors (Lipinski definition) is 0. The van der Waals surface area contributed by atoms with Crippen LogP contribution < -0.4 is 0 Å². The lowest BCUT2D eigenvalue weighted by Crippen LogP contribution is -2.10. The maximum atomic E-state index is 12.8. The van der Waals surface area contributed by atoms with Crippen molar-refractivity contribution in [2.75, 3.05) is 0 Å². The van der Waals surface area contributed by atoms with Crippen LogP contribution in [0.3, 0.4) is 0 Å². The summed E-state index contributed by atoms with van der Waals surface area (Å²) >= 11 is 1.38. The standard InChI is InChI=1S/C18H10N2O2S/c19-9-12(18-20-14-6-2-4-8-16(14)23-18)17(21)13-10-22-15-7-3-1-5-11(13)15/h1-8,10,12H. The van der Waals surface area contributed by atoms with E-state index in [9.17, 15) is 10.1 Å². The number of fused-ring (bicyclic) bond motifs is 2. The minimum absolute atomic E-state index is 0.281. The largest absolute Gasteiger partial charge is 0.464 e. The van der Waals surface area contributed by atoms with Crippen molar-refractivity contribution in [1.82, 2.24) is 4.98 Å². The summed E-state index contributed by atoms with van der Waals surface area (Å²) in [6.45, 7) is 0. The van der Waals surface area contributed by atoms with E-state index in [-0.39, 0.29) is 5.78 Å². The highest BCUT2D eigenvalue weighted by Gasteiger charge is 2.27. The van der Waals surface area contributed by atoms with Gasteiger partial charge in [-0.15, -0.1) is 11.3 Å². The maximum Gasteiger partial charge on any atom is 0.190 e. The van der Waals surface area contributed by atoms with Gasteiger partial charge >= 0.3 is 0 Å². The number of Topliss-reactive ketones (excluding diaryl/α,β-unsaturated/α-hetero) is 1. The van der Waals surface area contributed by atoms with Crippen molar-refractivity contribution in [2.24, 2.45) is 0 Å². The highest BCUT2D eigenvalue weighted by molar-refractivity contribution is 7.18. The first-order valence-electron chi connectivity index (χ1n) is 7.03. The molecule has 0 aliphatic rings. The number of thiazole rings is 1. The molecule has 0 saturated heterocycles. The lowest BCUT2D eigenvalue weighted by atomic mass is 9.99. The third kappa shape index (κ3) is 2.20. The second kappa shape index (κ2) is 5.34. The van der Waals surface area contributed by atoms with Crippen LogP contribution in [-0.4, -0.2) is 10.8 Å². The van der Waals surface area contributed by atoms with Crippen molar-refractivity contribution in [1.29, 1.82) is 5.26 Å². The fraction of sp³-hybridized carbons (Fsp3) is 0.0556. The van der Waals surface area contributed by atoms with Crippen molar-refractivity contribution in [3.8, 4) is 6.07 Å². The van der Waals surface area contributed by atoms with Crippen LogP contribution in [0.25, 0.3) is 21.2 Å². The Kier molecular flexibility index (Phi) is 3.18. The summed E-state index contributed by atoms with van der Waals surface area (Å²) < 4.78 is 6.38. The van der Waals surface area contributed by atoms with Gasteiger partial charge in [0.15, 0.2) is 11.7 Å². The van der Waals surface area contributed by atoms with Crippen molar-refractivity contribution >= 4 is 38.3 Å². The van der Waals surface area contributed by atoms with Gasteiger partial charge in [-0.3, -0.25) is 4.79 Å². The van der Waals surface area contributed by atoms with Gasteiger partial charge < -0.3 is 4.42 Å². The fourth-order valence-electron chi connectivity index (χ4n) is 2.56. The Hall–Kier alpha value is -2.97. The number of nitriles is 1. The van der Waals surface area contributed by atoms with E-state index in [1.54, 1.807) is 6.07 Å². The molecule has 0 spiro atoms. The summed E-state index contributed by atoms with van der Waals surface area (Å²) in [5, 5.41) is 10.7. The number of carbonyl (C=O) groups is 1. The normalized spacial score (nSPS) is 12.3. The molecule has 0 amide bonds. The molecule has 1 unspecified atom stereocenters. The van der Waals surface area contributed by atoms with Crippen molar-refractivity contribution in [3.05, 3.63) is 65.4 Å². The van der Waals surface area contributed by atoms with Crippen LogP contribution in [0.1, 0.15) is 21.3 Å². The monoisotopic (exact) mass is 318 g/mol. The molecule has 0 saturated carbocycles. The van der Waals surface area contributed by atoms with Gasteiger partial charge in [-0.2, -0.15) is 5.26 Å². The molecule has 0 bridgehead atoms. The van der Waals surface area contributed by atoms with Crippen molar-refractivity contribution in [2.45, 2.75) is 5.92 Å². The summed E-state index contributed by atoms with van der Waals surface area (Å²) in [7, 11) is 0. The summed E-state index contributed by atoms with van der Waals surface area (Å²) in [6, 6.07) is 17.0. The third-order valence-corrected chi connectivity index (χ3v) is 4.80. The number of hydrogen-bond acceptors (Lipinski definition) is 5. The number of para-hydroxylation sites is 2. The minimum atomic E-state index is -0.923. The van der Waals surface area contributed by atoms with Crippen LogP contribution in [-0.2, 0) is 0 Å². The van der Waals surface area contributed by atoms with Gasteiger partial charge in [-0.1, -0.05) is 30.3 Å². The molecule has 4 aromatic rings. The Labute approximate surface area is 135 Å². The molecule has 0 N–H and O–H groups in total. The van der Waals surface area contributed by atoms with E-state index in [1.165, 1.54) is 17.6 Å². The second-order valence-electron chi connectivity index (χ2n) is 5.09. The molecule has 110 valence electrons. The van der Waals surface area contributed by atoms with Gasteiger partial charge in [-0.05, 0) is 18.2 Å². The van der Waals surface area contributed by atoms with Gasteiger partial charge in [0.05, 0.1) is 21.8 Å². The zero-order chi connectivity index (χ0) is 15.8. The van der Waals surface area contributed by atoms with Gasteiger partial charge in [-0.25, -0.2) is 4.98 Å². The van der Waals surface area contributed by atoms with Gasteiger partial charge in [0.1, 0.15) is 16.9 Å². The predicted octanol–water partition coefficient (Wildman–Crippen LogP) is 4.53. The lowest BCUT2D eigenvalue weighted by Gasteiger charge is -2.03. The molecular formula is C18H10N2O2S. The predicted molar refractivity (Wildman–Crippen MR) is 88.5 cm³/mol. The molecule has 2 aromatic heterocycles. The Morgan fingerprint density at radius 3 is 2.78 bits per heavy atom. The Balaban J connectivity index is 1.80. The van der Waals surface area contributed by atoms with Gasteiger partial charge in [0.2, 0.25) is 0 Å². The molecule has 0 fully saturated rings. The van der Waals surface area contributed by atoms with Crippen molar-refractivity contribution < 1.29 is 9.21 Å². The number of benzene rings is 2. The summed E-state index contributed by atoms with van der Waals surface area (Å²) in [5.41, 5.74) is 1.86. The van der Waals surface area contributed by atoms with Crippen LogP contribution in [0.15, 0.2) is 59.2 Å². The van der Waals surface area contributed by atoms with E-state index in [4.69, 9.17) is 4.42 Å². The smallest absolute Gasteiger partial charge is 0.190 e. The fourth-order valence-corrected chi connectivity index (χ4v) is 3.58. The van der Waals surface area contributed by atoms with Gasteiger partial charge in [0.25, 0.3) is 0 Å². The molecule has 1 atom stereocenters. The van der Waals surface area contributed by atoms with E-state index in [2.05, 4.69) is 11.1 Å². The average Bonchev–Trinajstić information content (AvgIpc) is 3.19. The first-order chi connectivity index (χ1) is 11.3. The molecule has 0 radical (unpaired) electrons. The molecule has 2 heterocycles. The van der Waals surface area contributed by atoms with E-state index in [0.717, 1.165) is 15.6 Å². The van der Waals surface area contributed by atoms with Crippen LogP contribution in [0, 0.1) is 11.3 Å². The van der Waals surface area contributed by atoms with Crippen LogP contribution in [0.2, 0.25) is 0 Å². The Morgan fingerprint density at radius 2 is 1.96 bits per heavy atom. The van der Waals surface area contributed by atoms with Crippen LogP contribution in [0.4, 0.5) is 0 Å². The molecule has 0 aliphatic heterocycles. The molecular weight excluding hydrogens is 308 g/mol. The topological polar surface area (TPSA) is 66.9 Å². The first-order valence-corrected chi connectivity index (χ1v) is 7.85. The zero-order valence-corrected chi connectivity index (χ0v) is 12.7. The van der Waals surface area contributed by atoms with E-state index < -0.39 is 5.92 Å². The number of rotatable bonds is 3. The summed E-state index contributed by atoms with van der Waals surface area (Å²) in [4.78, 5) is 17.3. The molecule has 4 nitrogen and oxygen atoms in total. The quantitative estimate of drug-likeness (QED) is 0.520. The van der Waals surface area contributed by atoms with E-state index >= 15 is 0 Å². The minimum Gasteiger partial charge on any atom is -0.464 e. The van der Waals surface area contributed by atoms with Crippen molar-refractivity contribution in [3.63, 3.8) is 0 Å². The molecule has 4 rings (SSSR count).